The molecule has 5 nitrogen and oxygen atoms in total. The molecule has 1 amide bonds. The molecular formula is C16H20N2O3. The number of aromatic amines is 1. The lowest BCUT2D eigenvalue weighted by molar-refractivity contribution is 0.110. The van der Waals surface area contributed by atoms with Gasteiger partial charge in [-0.15, -0.1) is 0 Å². The molecule has 1 aliphatic rings. The van der Waals surface area contributed by atoms with E-state index >= 15 is 0 Å². The predicted molar refractivity (Wildman–Crippen MR) is 80.8 cm³/mol. The van der Waals surface area contributed by atoms with Gasteiger partial charge in [0.05, 0.1) is 14.2 Å². The van der Waals surface area contributed by atoms with Crippen LogP contribution in [-0.4, -0.2) is 43.3 Å². The second kappa shape index (κ2) is 5.68. The Hall–Kier alpha value is -2.17. The molecule has 1 saturated heterocycles. The predicted octanol–water partition coefficient (Wildman–Crippen LogP) is 3.12. The Kier molecular flexibility index (Phi) is 3.73. The summed E-state index contributed by atoms with van der Waals surface area (Å²) in [5.41, 5.74) is 2.27. The summed E-state index contributed by atoms with van der Waals surface area (Å²) >= 11 is 0. The van der Waals surface area contributed by atoms with Gasteiger partial charge in [-0.1, -0.05) is 0 Å². The van der Waals surface area contributed by atoms with Crippen molar-refractivity contribution in [1.29, 1.82) is 0 Å². The molecule has 2 aromatic rings. The monoisotopic (exact) mass is 288 g/mol. The van der Waals surface area contributed by atoms with Crippen molar-refractivity contribution in [2.24, 2.45) is 0 Å². The van der Waals surface area contributed by atoms with Crippen LogP contribution >= 0.6 is 0 Å². The van der Waals surface area contributed by atoms with Crippen molar-refractivity contribution in [3.63, 3.8) is 0 Å². The Labute approximate surface area is 123 Å². The third-order valence-corrected chi connectivity index (χ3v) is 4.14. The van der Waals surface area contributed by atoms with Crippen LogP contribution in [0.1, 0.15) is 24.5 Å². The molecule has 1 fully saturated rings. The number of H-pyrrole nitrogens is 1. The first-order valence-electron chi connectivity index (χ1n) is 7.21. The first-order chi connectivity index (χ1) is 10.2. The summed E-state index contributed by atoms with van der Waals surface area (Å²) in [6.45, 7) is 1.48. The number of fused-ring (bicyclic) bond motifs is 1. The molecule has 1 unspecified atom stereocenters. The quantitative estimate of drug-likeness (QED) is 0.923. The molecule has 0 radical (unpaired) electrons. The summed E-state index contributed by atoms with van der Waals surface area (Å²) in [7, 11) is 3.10. The lowest BCUT2D eigenvalue weighted by Gasteiger charge is -2.31. The number of nitrogens with zero attached hydrogens (tertiary/aromatic N) is 1. The maximum absolute atomic E-state index is 11.7. The van der Waals surface area contributed by atoms with E-state index < -0.39 is 0 Å². The van der Waals surface area contributed by atoms with Crippen molar-refractivity contribution in [2.45, 2.75) is 18.8 Å². The minimum atomic E-state index is -0.238. The molecule has 1 N–H and O–H groups in total. The van der Waals surface area contributed by atoms with Crippen molar-refractivity contribution in [1.82, 2.24) is 9.88 Å². The number of methoxy groups -OCH3 is 2. The number of likely N-dealkylation sites (tertiary alicyclic amines) is 1. The van der Waals surface area contributed by atoms with Crippen LogP contribution in [0.5, 0.6) is 5.75 Å². The fourth-order valence-electron chi connectivity index (χ4n) is 3.01. The van der Waals surface area contributed by atoms with Gasteiger partial charge in [0.15, 0.2) is 0 Å². The molecule has 1 atom stereocenters. The highest BCUT2D eigenvalue weighted by Gasteiger charge is 2.26. The van der Waals surface area contributed by atoms with E-state index in [4.69, 9.17) is 9.47 Å². The second-order valence-electron chi connectivity index (χ2n) is 5.43. The summed E-state index contributed by atoms with van der Waals surface area (Å²) < 4.78 is 10.1. The number of hydrogen-bond acceptors (Lipinski definition) is 3. The minimum absolute atomic E-state index is 0.238. The van der Waals surface area contributed by atoms with E-state index in [1.807, 2.05) is 18.2 Å². The molecule has 5 heteroatoms. The smallest absolute Gasteiger partial charge is 0.409 e. The van der Waals surface area contributed by atoms with Crippen molar-refractivity contribution >= 4 is 17.0 Å². The van der Waals surface area contributed by atoms with Crippen LogP contribution in [0, 0.1) is 0 Å². The fraction of sp³-hybridized carbons (Fsp3) is 0.438. The Bertz CT molecular complexity index is 650. The van der Waals surface area contributed by atoms with Crippen LogP contribution in [0.25, 0.3) is 10.9 Å². The summed E-state index contributed by atoms with van der Waals surface area (Å²) in [5, 5.41) is 1.14. The largest absolute Gasteiger partial charge is 0.497 e. The van der Waals surface area contributed by atoms with E-state index in [1.165, 1.54) is 12.8 Å². The summed E-state index contributed by atoms with van der Waals surface area (Å²) in [4.78, 5) is 16.9. The highest BCUT2D eigenvalue weighted by molar-refractivity contribution is 5.82. The van der Waals surface area contributed by atoms with Gasteiger partial charge >= 0.3 is 6.09 Å². The van der Waals surface area contributed by atoms with E-state index in [9.17, 15) is 4.79 Å². The number of carbonyl (C=O) groups excluding carboxylic acids is 1. The molecule has 2 heterocycles. The summed E-state index contributed by atoms with van der Waals surface area (Å²) in [5.74, 6) is 1.18. The van der Waals surface area contributed by atoms with Crippen LogP contribution in [0.3, 0.4) is 0 Å². The highest BCUT2D eigenvalue weighted by Crippen LogP contribution is 2.30. The Balaban J connectivity index is 1.84. The zero-order chi connectivity index (χ0) is 14.8. The number of piperidine rings is 1. The van der Waals surface area contributed by atoms with Gasteiger partial charge in [-0.3, -0.25) is 0 Å². The Morgan fingerprint density at radius 1 is 1.33 bits per heavy atom. The van der Waals surface area contributed by atoms with E-state index in [0.29, 0.717) is 12.5 Å². The van der Waals surface area contributed by atoms with Gasteiger partial charge in [0, 0.05) is 35.6 Å². The standard InChI is InChI=1S/C16H20N2O3/c1-20-13-5-6-14-12(8-13)9-15(17-14)11-4-3-7-18(10-11)16(19)21-2/h5-6,8-9,11,17H,3-4,7,10H2,1-2H3. The van der Waals surface area contributed by atoms with E-state index in [0.717, 1.165) is 36.0 Å². The molecular weight excluding hydrogens is 268 g/mol. The number of hydrogen-bond donors (Lipinski definition) is 1. The zero-order valence-corrected chi connectivity index (χ0v) is 12.4. The average molecular weight is 288 g/mol. The number of carbonyl (C=O) groups is 1. The number of amides is 1. The lowest BCUT2D eigenvalue weighted by atomic mass is 9.95. The average Bonchev–Trinajstić information content (AvgIpc) is 2.97. The second-order valence-corrected chi connectivity index (χ2v) is 5.43. The molecule has 3 rings (SSSR count). The van der Waals surface area contributed by atoms with Crippen LogP contribution < -0.4 is 4.74 Å². The van der Waals surface area contributed by atoms with E-state index in [-0.39, 0.29) is 6.09 Å². The molecule has 0 aliphatic carbocycles. The van der Waals surface area contributed by atoms with Gasteiger partial charge in [0.1, 0.15) is 5.75 Å². The number of nitrogens with one attached hydrogen (secondary N) is 1. The molecule has 1 aliphatic heterocycles. The number of rotatable bonds is 2. The summed E-state index contributed by atoms with van der Waals surface area (Å²) in [6.07, 6.45) is 1.84. The molecule has 0 bridgehead atoms. The van der Waals surface area contributed by atoms with Gasteiger partial charge in [0.2, 0.25) is 0 Å². The zero-order valence-electron chi connectivity index (χ0n) is 12.4. The molecule has 21 heavy (non-hydrogen) atoms. The van der Waals surface area contributed by atoms with Gasteiger partial charge in [-0.25, -0.2) is 4.79 Å². The third kappa shape index (κ3) is 2.68. The van der Waals surface area contributed by atoms with Crippen LogP contribution in [0.2, 0.25) is 0 Å². The SMILES string of the molecule is COC(=O)N1CCCC(c2cc3cc(OC)ccc3[nH]2)C1. The number of aromatic nitrogens is 1. The van der Waals surface area contributed by atoms with Crippen molar-refractivity contribution in [2.75, 3.05) is 27.3 Å². The van der Waals surface area contributed by atoms with Crippen LogP contribution in [0.15, 0.2) is 24.3 Å². The molecule has 0 spiro atoms. The van der Waals surface area contributed by atoms with Gasteiger partial charge < -0.3 is 19.4 Å². The van der Waals surface area contributed by atoms with Gasteiger partial charge in [-0.05, 0) is 37.1 Å². The summed E-state index contributed by atoms with van der Waals surface area (Å²) in [6, 6.07) is 8.16. The van der Waals surface area contributed by atoms with Crippen molar-refractivity contribution < 1.29 is 14.3 Å². The fourth-order valence-corrected chi connectivity index (χ4v) is 3.01. The number of benzene rings is 1. The molecule has 112 valence electrons. The maximum atomic E-state index is 11.7. The van der Waals surface area contributed by atoms with Gasteiger partial charge in [0.25, 0.3) is 0 Å². The molecule has 0 saturated carbocycles. The van der Waals surface area contributed by atoms with Crippen LogP contribution in [-0.2, 0) is 4.74 Å². The third-order valence-electron chi connectivity index (χ3n) is 4.14. The van der Waals surface area contributed by atoms with Crippen molar-refractivity contribution in [3.8, 4) is 5.75 Å². The highest BCUT2D eigenvalue weighted by atomic mass is 16.5. The number of ether oxygens (including phenoxy) is 2. The molecule has 1 aromatic carbocycles. The Morgan fingerprint density at radius 3 is 2.95 bits per heavy atom. The first-order valence-corrected chi connectivity index (χ1v) is 7.21. The Morgan fingerprint density at radius 2 is 2.19 bits per heavy atom. The van der Waals surface area contributed by atoms with Gasteiger partial charge in [-0.2, -0.15) is 0 Å². The normalized spacial score (nSPS) is 18.8. The van der Waals surface area contributed by atoms with E-state index in [2.05, 4.69) is 11.1 Å². The van der Waals surface area contributed by atoms with E-state index in [1.54, 1.807) is 12.0 Å². The topological polar surface area (TPSA) is 54.6 Å². The van der Waals surface area contributed by atoms with Crippen molar-refractivity contribution in [3.05, 3.63) is 30.0 Å². The first kappa shape index (κ1) is 13.8. The lowest BCUT2D eigenvalue weighted by Crippen LogP contribution is -2.39. The van der Waals surface area contributed by atoms with Crippen LogP contribution in [0.4, 0.5) is 4.79 Å². The maximum Gasteiger partial charge on any atom is 0.409 e. The minimum Gasteiger partial charge on any atom is -0.497 e. The molecule has 1 aromatic heterocycles.